The quantitative estimate of drug-likeness (QED) is 0.683. The van der Waals surface area contributed by atoms with E-state index in [0.717, 1.165) is 0 Å². The number of fused-ring (bicyclic) bond motifs is 1. The smallest absolute Gasteiger partial charge is 0.415 e. The second-order valence-electron chi connectivity index (χ2n) is 6.04. The van der Waals surface area contributed by atoms with Crippen LogP contribution >= 0.6 is 22.9 Å². The largest absolute Gasteiger partial charge is 0.447 e. The highest BCUT2D eigenvalue weighted by atomic mass is 35.5. The van der Waals surface area contributed by atoms with Gasteiger partial charge in [-0.05, 0) is 25.1 Å². The van der Waals surface area contributed by atoms with Gasteiger partial charge in [0.2, 0.25) is 0 Å². The molecule has 0 radical (unpaired) electrons. The molecule has 1 aliphatic heterocycles. The van der Waals surface area contributed by atoms with Gasteiger partial charge in [-0.1, -0.05) is 22.9 Å². The van der Waals surface area contributed by atoms with Gasteiger partial charge < -0.3 is 15.0 Å². The number of hydrogen-bond donors (Lipinski definition) is 2. The van der Waals surface area contributed by atoms with Crippen molar-refractivity contribution >= 4 is 50.1 Å². The van der Waals surface area contributed by atoms with E-state index in [1.54, 1.807) is 12.3 Å². The van der Waals surface area contributed by atoms with Gasteiger partial charge in [-0.3, -0.25) is 9.69 Å². The van der Waals surface area contributed by atoms with Gasteiger partial charge in [-0.15, -0.1) is 0 Å². The van der Waals surface area contributed by atoms with Gasteiger partial charge in [-0.2, -0.15) is 0 Å². The molecule has 2 aromatic heterocycles. The minimum Gasteiger partial charge on any atom is -0.447 e. The number of benzene rings is 1. The Kier molecular flexibility index (Phi) is 4.48. The number of ether oxygens (including phenoxy) is 1. The third-order valence-electron chi connectivity index (χ3n) is 4.24. The maximum Gasteiger partial charge on any atom is 0.415 e. The fourth-order valence-electron chi connectivity index (χ4n) is 2.85. The Morgan fingerprint density at radius 1 is 1.41 bits per heavy atom. The summed E-state index contributed by atoms with van der Waals surface area (Å²) in [7, 11) is 0. The number of pyridine rings is 1. The normalized spacial score (nSPS) is 15.2. The number of nitrogens with one attached hydrogen (secondary N) is 2. The second kappa shape index (κ2) is 6.82. The van der Waals surface area contributed by atoms with Gasteiger partial charge in [-0.25, -0.2) is 14.2 Å². The van der Waals surface area contributed by atoms with Crippen molar-refractivity contribution in [2.24, 2.45) is 0 Å². The molecule has 0 bridgehead atoms. The maximum atomic E-state index is 13.6. The van der Waals surface area contributed by atoms with Crippen LogP contribution in [0.4, 0.5) is 19.3 Å². The van der Waals surface area contributed by atoms with Crippen molar-refractivity contribution in [3.05, 3.63) is 51.2 Å². The maximum absolute atomic E-state index is 13.6. The van der Waals surface area contributed by atoms with E-state index in [0.29, 0.717) is 39.8 Å². The molecule has 0 unspecified atom stereocenters. The van der Waals surface area contributed by atoms with Gasteiger partial charge in [0.05, 0.1) is 29.3 Å². The first-order valence-corrected chi connectivity index (χ1v) is 9.30. The Morgan fingerprint density at radius 3 is 2.96 bits per heavy atom. The van der Waals surface area contributed by atoms with Gasteiger partial charge in [0.15, 0.2) is 5.13 Å². The van der Waals surface area contributed by atoms with Crippen LogP contribution in [0.5, 0.6) is 0 Å². The molecule has 3 aromatic rings. The van der Waals surface area contributed by atoms with Crippen LogP contribution in [0, 0.1) is 5.82 Å². The van der Waals surface area contributed by atoms with Crippen LogP contribution in [0.25, 0.3) is 10.9 Å². The number of carbonyl (C=O) groups excluding carboxylic acids is 1. The van der Waals surface area contributed by atoms with E-state index in [2.05, 4.69) is 15.3 Å². The number of carbonyl (C=O) groups is 1. The summed E-state index contributed by atoms with van der Waals surface area (Å²) in [5, 5.41) is 5.00. The first kappa shape index (κ1) is 17.7. The molecule has 1 amide bonds. The number of H-pyrrole nitrogens is 1. The molecule has 1 aromatic carbocycles. The van der Waals surface area contributed by atoms with E-state index >= 15 is 0 Å². The minimum absolute atomic E-state index is 0.0109. The molecule has 7 nitrogen and oxygen atoms in total. The fraction of sp³-hybridized carbons (Fsp3) is 0.235. The Balaban J connectivity index is 1.59. The van der Waals surface area contributed by atoms with Crippen LogP contribution in [0.2, 0.25) is 5.02 Å². The topological polar surface area (TPSA) is 87.3 Å². The minimum atomic E-state index is -0.588. The van der Waals surface area contributed by atoms with Gasteiger partial charge >= 0.3 is 6.09 Å². The number of amides is 1. The zero-order valence-electron chi connectivity index (χ0n) is 14.1. The van der Waals surface area contributed by atoms with Crippen LogP contribution in [-0.4, -0.2) is 29.2 Å². The molecule has 27 heavy (non-hydrogen) atoms. The Bertz CT molecular complexity index is 1100. The summed E-state index contributed by atoms with van der Waals surface area (Å²) in [6.07, 6.45) is 1.19. The lowest BCUT2D eigenvalue weighted by Crippen LogP contribution is -2.22. The Hall–Kier alpha value is -2.65. The molecule has 1 aliphatic rings. The van der Waals surface area contributed by atoms with Gasteiger partial charge in [0, 0.05) is 10.9 Å². The Labute approximate surface area is 161 Å². The number of thiazole rings is 1. The van der Waals surface area contributed by atoms with Gasteiger partial charge in [0.1, 0.15) is 17.4 Å². The number of hydrogen-bond acceptors (Lipinski definition) is 6. The van der Waals surface area contributed by atoms with Crippen LogP contribution in [0.3, 0.4) is 0 Å². The molecule has 0 spiro atoms. The van der Waals surface area contributed by atoms with E-state index in [4.69, 9.17) is 16.3 Å². The lowest BCUT2D eigenvalue weighted by molar-refractivity contribution is 0.181. The highest BCUT2D eigenvalue weighted by Gasteiger charge is 2.25. The molecule has 140 valence electrons. The number of aromatic amines is 1. The molecule has 10 heteroatoms. The molecule has 0 saturated carbocycles. The summed E-state index contributed by atoms with van der Waals surface area (Å²) in [5.41, 5.74) is 0.508. The molecule has 0 aliphatic carbocycles. The summed E-state index contributed by atoms with van der Waals surface area (Å²) in [6.45, 7) is 2.65. The summed E-state index contributed by atoms with van der Waals surface area (Å²) in [6, 6.07) is 3.97. The lowest BCUT2D eigenvalue weighted by atomic mass is 10.1. The monoisotopic (exact) mass is 408 g/mol. The van der Waals surface area contributed by atoms with Crippen molar-refractivity contribution in [2.75, 3.05) is 23.4 Å². The van der Waals surface area contributed by atoms with Crippen LogP contribution in [0.1, 0.15) is 18.5 Å². The number of anilines is 2. The summed E-state index contributed by atoms with van der Waals surface area (Å²) < 4.78 is 18.5. The average molecular weight is 409 g/mol. The van der Waals surface area contributed by atoms with Crippen molar-refractivity contribution in [1.29, 1.82) is 0 Å². The first-order chi connectivity index (χ1) is 12.9. The fourth-order valence-corrected chi connectivity index (χ4v) is 3.95. The summed E-state index contributed by atoms with van der Waals surface area (Å²) in [5.74, 6) is -0.588. The van der Waals surface area contributed by atoms with E-state index in [1.165, 1.54) is 28.4 Å². The predicted molar refractivity (Wildman–Crippen MR) is 102 cm³/mol. The average Bonchev–Trinajstić information content (AvgIpc) is 3.24. The van der Waals surface area contributed by atoms with Crippen LogP contribution in [-0.2, 0) is 4.74 Å². The molecule has 2 N–H and O–H groups in total. The van der Waals surface area contributed by atoms with Crippen molar-refractivity contribution in [3.8, 4) is 0 Å². The summed E-state index contributed by atoms with van der Waals surface area (Å²) in [4.78, 5) is 32.4. The summed E-state index contributed by atoms with van der Waals surface area (Å²) >= 11 is 7.12. The van der Waals surface area contributed by atoms with Crippen molar-refractivity contribution in [2.45, 2.75) is 13.0 Å². The van der Waals surface area contributed by atoms with Crippen LogP contribution in [0.15, 0.2) is 29.2 Å². The highest BCUT2D eigenvalue weighted by molar-refractivity contribution is 7.19. The molecular weight excluding hydrogens is 395 g/mol. The standard InChI is InChI=1S/C17H14ClFN4O3S/c1-8(21-16-20-7-14(27-16)23-2-3-26-17(23)25)10-4-9-5-11(18)12(19)6-13(9)22-15(10)24/h4-8H,2-3H2,1H3,(H,20,21)(H,22,24)/t8-/m0/s1. The molecule has 1 saturated heterocycles. The van der Waals surface area contributed by atoms with Crippen molar-refractivity contribution in [3.63, 3.8) is 0 Å². The third-order valence-corrected chi connectivity index (χ3v) is 5.48. The van der Waals surface area contributed by atoms with Crippen molar-refractivity contribution < 1.29 is 13.9 Å². The number of aromatic nitrogens is 2. The van der Waals surface area contributed by atoms with E-state index in [9.17, 15) is 14.0 Å². The molecule has 1 fully saturated rings. The van der Waals surface area contributed by atoms with Gasteiger partial charge in [0.25, 0.3) is 5.56 Å². The number of nitrogens with zero attached hydrogens (tertiary/aromatic N) is 2. The van der Waals surface area contributed by atoms with E-state index < -0.39 is 11.9 Å². The third kappa shape index (κ3) is 3.35. The predicted octanol–water partition coefficient (Wildman–Crippen LogP) is 3.91. The molecule has 3 heterocycles. The van der Waals surface area contributed by atoms with E-state index in [1.807, 2.05) is 6.92 Å². The second-order valence-corrected chi connectivity index (χ2v) is 7.46. The lowest BCUT2D eigenvalue weighted by Gasteiger charge is -2.13. The van der Waals surface area contributed by atoms with E-state index in [-0.39, 0.29) is 16.6 Å². The SMILES string of the molecule is C[C@H](Nc1ncc(N2CCOC2=O)s1)c1cc2cc(Cl)c(F)cc2[nH]c1=O. The molecule has 4 rings (SSSR count). The molecular formula is C17H14ClFN4O3S. The van der Waals surface area contributed by atoms with Crippen molar-refractivity contribution in [1.82, 2.24) is 9.97 Å². The number of cyclic esters (lactones) is 1. The number of halogens is 2. The number of rotatable bonds is 4. The zero-order valence-corrected chi connectivity index (χ0v) is 15.7. The zero-order chi connectivity index (χ0) is 19.1. The van der Waals surface area contributed by atoms with Crippen LogP contribution < -0.4 is 15.8 Å². The highest BCUT2D eigenvalue weighted by Crippen LogP contribution is 2.31. The Morgan fingerprint density at radius 2 is 2.22 bits per heavy atom. The first-order valence-electron chi connectivity index (χ1n) is 8.11. The molecule has 1 atom stereocenters.